The van der Waals surface area contributed by atoms with E-state index in [-0.39, 0.29) is 24.2 Å². The van der Waals surface area contributed by atoms with Crippen molar-refractivity contribution in [3.05, 3.63) is 36.0 Å². The SMILES string of the molecule is CCCCC(C(=O)N1CCCC1C(=O)NCc1ccc2c(N)nccc2c1)N(C)C(=O)OCCC.Cl. The summed E-state index contributed by atoms with van der Waals surface area (Å²) in [6.45, 7) is 5.12. The van der Waals surface area contributed by atoms with Crippen LogP contribution in [-0.2, 0) is 20.9 Å². The Balaban J connectivity index is 0.00000456. The zero-order valence-corrected chi connectivity index (χ0v) is 22.2. The van der Waals surface area contributed by atoms with E-state index in [2.05, 4.69) is 10.3 Å². The summed E-state index contributed by atoms with van der Waals surface area (Å²) in [7, 11) is 1.60. The molecule has 0 spiro atoms. The number of anilines is 1. The highest BCUT2D eigenvalue weighted by Crippen LogP contribution is 2.23. The molecule has 2 aromatic rings. The van der Waals surface area contributed by atoms with Gasteiger partial charge >= 0.3 is 6.09 Å². The van der Waals surface area contributed by atoms with Crippen LogP contribution in [0, 0.1) is 0 Å². The van der Waals surface area contributed by atoms with Gasteiger partial charge in [0.05, 0.1) is 6.61 Å². The minimum absolute atomic E-state index is 0. The Morgan fingerprint density at radius 3 is 2.75 bits per heavy atom. The number of halogens is 1. The van der Waals surface area contributed by atoms with E-state index in [4.69, 9.17) is 10.5 Å². The summed E-state index contributed by atoms with van der Waals surface area (Å²) in [4.78, 5) is 46.2. The fourth-order valence-electron chi connectivity index (χ4n) is 4.46. The van der Waals surface area contributed by atoms with E-state index in [1.54, 1.807) is 18.1 Å². The van der Waals surface area contributed by atoms with E-state index < -0.39 is 18.2 Å². The fourth-order valence-corrected chi connectivity index (χ4v) is 4.46. The first kappa shape index (κ1) is 29.2. The molecule has 1 aliphatic heterocycles. The standard InChI is InChI=1S/C26H37N5O4.ClH/c1-4-6-8-22(30(3)26(34)35-15-5-2)25(33)31-14-7-9-21(31)24(32)29-17-18-10-11-20-19(16-18)12-13-28-23(20)27;/h10-13,16,21-22H,4-9,14-15,17H2,1-3H3,(H2,27,28)(H,29,32);1H. The van der Waals surface area contributed by atoms with Crippen molar-refractivity contribution < 1.29 is 19.1 Å². The van der Waals surface area contributed by atoms with E-state index in [9.17, 15) is 14.4 Å². The van der Waals surface area contributed by atoms with Gasteiger partial charge in [0.25, 0.3) is 0 Å². The predicted octanol–water partition coefficient (Wildman–Crippen LogP) is 3.88. The number of nitrogens with zero attached hydrogens (tertiary/aromatic N) is 3. The maximum Gasteiger partial charge on any atom is 0.410 e. The molecule has 1 aliphatic rings. The zero-order chi connectivity index (χ0) is 25.4. The summed E-state index contributed by atoms with van der Waals surface area (Å²) in [6, 6.07) is 6.47. The first-order valence-corrected chi connectivity index (χ1v) is 12.5. The number of nitrogens with two attached hydrogens (primary N) is 1. The maximum absolute atomic E-state index is 13.5. The molecule has 3 N–H and O–H groups in total. The second kappa shape index (κ2) is 13.9. The third-order valence-corrected chi connectivity index (χ3v) is 6.47. The van der Waals surface area contributed by atoms with Crippen molar-refractivity contribution >= 4 is 46.9 Å². The summed E-state index contributed by atoms with van der Waals surface area (Å²) >= 11 is 0. The molecule has 0 bridgehead atoms. The van der Waals surface area contributed by atoms with Crippen molar-refractivity contribution in [1.29, 1.82) is 0 Å². The monoisotopic (exact) mass is 519 g/mol. The number of amides is 3. The molecule has 0 saturated carbocycles. The molecule has 2 heterocycles. The van der Waals surface area contributed by atoms with Crippen LogP contribution in [0.1, 0.15) is 57.9 Å². The Hall–Kier alpha value is -3.07. The van der Waals surface area contributed by atoms with E-state index in [0.29, 0.717) is 44.8 Å². The Bertz CT molecular complexity index is 1050. The Kier molecular flexibility index (Phi) is 11.2. The number of hydrogen-bond acceptors (Lipinski definition) is 6. The largest absolute Gasteiger partial charge is 0.449 e. The van der Waals surface area contributed by atoms with Gasteiger partial charge in [-0.1, -0.05) is 38.8 Å². The molecule has 0 aliphatic carbocycles. The zero-order valence-electron chi connectivity index (χ0n) is 21.4. The number of nitrogen functional groups attached to an aromatic ring is 1. The van der Waals surface area contributed by atoms with Crippen LogP contribution in [0.5, 0.6) is 0 Å². The van der Waals surface area contributed by atoms with Crippen molar-refractivity contribution in [2.75, 3.05) is 25.9 Å². The van der Waals surface area contributed by atoms with Gasteiger partial charge in [0.1, 0.15) is 17.9 Å². The molecule has 10 heteroatoms. The number of fused-ring (bicyclic) bond motifs is 1. The third-order valence-electron chi connectivity index (χ3n) is 6.47. The first-order chi connectivity index (χ1) is 16.9. The van der Waals surface area contributed by atoms with Crippen molar-refractivity contribution in [3.8, 4) is 0 Å². The normalized spacial score (nSPS) is 15.8. The molecule has 2 atom stereocenters. The molecule has 36 heavy (non-hydrogen) atoms. The quantitative estimate of drug-likeness (QED) is 0.491. The number of nitrogens with one attached hydrogen (secondary N) is 1. The Morgan fingerprint density at radius 2 is 2.03 bits per heavy atom. The van der Waals surface area contributed by atoms with Crippen molar-refractivity contribution in [2.45, 2.75) is 71.0 Å². The summed E-state index contributed by atoms with van der Waals surface area (Å²) in [5.74, 6) is 0.0933. The van der Waals surface area contributed by atoms with Crippen LogP contribution >= 0.6 is 12.4 Å². The van der Waals surface area contributed by atoms with Gasteiger partial charge in [-0.15, -0.1) is 12.4 Å². The van der Waals surface area contributed by atoms with Gasteiger partial charge in [-0.2, -0.15) is 0 Å². The minimum Gasteiger partial charge on any atom is -0.449 e. The molecule has 198 valence electrons. The second-order valence-corrected chi connectivity index (χ2v) is 9.04. The average Bonchev–Trinajstić information content (AvgIpc) is 3.36. The van der Waals surface area contributed by atoms with E-state index in [1.165, 1.54) is 4.90 Å². The molecule has 1 aromatic heterocycles. The lowest BCUT2D eigenvalue weighted by Crippen LogP contribution is -2.53. The molecule has 3 amide bonds. The lowest BCUT2D eigenvalue weighted by Gasteiger charge is -2.32. The van der Waals surface area contributed by atoms with Gasteiger partial charge in [-0.05, 0) is 48.8 Å². The summed E-state index contributed by atoms with van der Waals surface area (Å²) < 4.78 is 5.25. The van der Waals surface area contributed by atoms with Gasteiger partial charge < -0.3 is 20.7 Å². The molecule has 1 saturated heterocycles. The Morgan fingerprint density at radius 1 is 1.25 bits per heavy atom. The van der Waals surface area contributed by atoms with Crippen LogP contribution < -0.4 is 11.1 Å². The highest BCUT2D eigenvalue weighted by Gasteiger charge is 2.39. The lowest BCUT2D eigenvalue weighted by atomic mass is 10.1. The number of carbonyl (C=O) groups is 3. The van der Waals surface area contributed by atoms with E-state index >= 15 is 0 Å². The molecule has 0 radical (unpaired) electrons. The fraction of sp³-hybridized carbons (Fsp3) is 0.538. The van der Waals surface area contributed by atoms with Gasteiger partial charge in [0.15, 0.2) is 0 Å². The lowest BCUT2D eigenvalue weighted by molar-refractivity contribution is -0.142. The number of likely N-dealkylation sites (tertiary alicyclic amines) is 1. The highest BCUT2D eigenvalue weighted by molar-refractivity contribution is 5.92. The number of unbranched alkanes of at least 4 members (excludes halogenated alkanes) is 1. The molecular formula is C26H38ClN5O4. The van der Waals surface area contributed by atoms with Crippen LogP contribution in [0.3, 0.4) is 0 Å². The summed E-state index contributed by atoms with van der Waals surface area (Å²) in [5, 5.41) is 4.81. The number of ether oxygens (including phenoxy) is 1. The minimum atomic E-state index is -0.646. The van der Waals surface area contributed by atoms with Crippen LogP contribution in [0.15, 0.2) is 30.5 Å². The van der Waals surface area contributed by atoms with Crippen LogP contribution in [0.25, 0.3) is 10.8 Å². The molecule has 3 rings (SSSR count). The molecule has 1 aromatic carbocycles. The maximum atomic E-state index is 13.5. The van der Waals surface area contributed by atoms with Gasteiger partial charge in [-0.25, -0.2) is 9.78 Å². The highest BCUT2D eigenvalue weighted by atomic mass is 35.5. The molecule has 1 fully saturated rings. The van der Waals surface area contributed by atoms with Crippen molar-refractivity contribution in [1.82, 2.24) is 20.1 Å². The number of aromatic nitrogens is 1. The number of rotatable bonds is 10. The van der Waals surface area contributed by atoms with Crippen LogP contribution in [0.2, 0.25) is 0 Å². The first-order valence-electron chi connectivity index (χ1n) is 12.5. The topological polar surface area (TPSA) is 118 Å². The number of carbonyl (C=O) groups excluding carboxylic acids is 3. The number of benzene rings is 1. The number of hydrogen-bond donors (Lipinski definition) is 2. The predicted molar refractivity (Wildman–Crippen MR) is 143 cm³/mol. The van der Waals surface area contributed by atoms with Crippen LogP contribution in [-0.4, -0.2) is 65.0 Å². The number of pyridine rings is 1. The smallest absolute Gasteiger partial charge is 0.410 e. The summed E-state index contributed by atoms with van der Waals surface area (Å²) in [6.07, 6.45) is 5.45. The second-order valence-electron chi connectivity index (χ2n) is 9.04. The average molecular weight is 520 g/mol. The summed E-state index contributed by atoms with van der Waals surface area (Å²) in [5.41, 5.74) is 6.86. The van der Waals surface area contributed by atoms with E-state index in [1.807, 2.05) is 38.1 Å². The number of likely N-dealkylation sites (N-methyl/N-ethyl adjacent to an activating group) is 1. The van der Waals surface area contributed by atoms with Crippen molar-refractivity contribution in [2.24, 2.45) is 0 Å². The van der Waals surface area contributed by atoms with Gasteiger partial charge in [0.2, 0.25) is 11.8 Å². The van der Waals surface area contributed by atoms with Gasteiger partial charge in [-0.3, -0.25) is 14.5 Å². The molecular weight excluding hydrogens is 482 g/mol. The van der Waals surface area contributed by atoms with Crippen molar-refractivity contribution in [3.63, 3.8) is 0 Å². The van der Waals surface area contributed by atoms with Gasteiger partial charge in [0, 0.05) is 31.7 Å². The molecule has 2 unspecified atom stereocenters. The van der Waals surface area contributed by atoms with E-state index in [0.717, 1.165) is 35.6 Å². The Labute approximate surface area is 219 Å². The van der Waals surface area contributed by atoms with Crippen LogP contribution in [0.4, 0.5) is 10.6 Å². The third kappa shape index (κ3) is 7.00. The molecule has 9 nitrogen and oxygen atoms in total.